The molecule has 0 unspecified atom stereocenters. The fourth-order valence-corrected chi connectivity index (χ4v) is 2.26. The van der Waals surface area contributed by atoms with Crippen molar-refractivity contribution in [1.29, 1.82) is 0 Å². The summed E-state index contributed by atoms with van der Waals surface area (Å²) in [5, 5.41) is 8.88. The summed E-state index contributed by atoms with van der Waals surface area (Å²) in [6.07, 6.45) is 0.477. The van der Waals surface area contributed by atoms with Crippen LogP contribution in [0.1, 0.15) is 31.9 Å². The fourth-order valence-electron chi connectivity index (χ4n) is 2.26. The van der Waals surface area contributed by atoms with E-state index in [1.165, 1.54) is 0 Å². The van der Waals surface area contributed by atoms with E-state index in [9.17, 15) is 4.79 Å². The highest BCUT2D eigenvalue weighted by molar-refractivity contribution is 5.91. The lowest BCUT2D eigenvalue weighted by Gasteiger charge is -2.26. The number of para-hydroxylation sites is 1. The third-order valence-corrected chi connectivity index (χ3v) is 2.96. The summed E-state index contributed by atoms with van der Waals surface area (Å²) in [6.45, 7) is 6.48. The maximum atomic E-state index is 12.2. The van der Waals surface area contributed by atoms with Gasteiger partial charge in [0.1, 0.15) is 5.60 Å². The number of hydrogen-bond donors (Lipinski definition) is 2. The molecule has 2 rings (SSSR count). The molecule has 0 aromatic heterocycles. The highest BCUT2D eigenvalue weighted by Gasteiger charge is 2.30. The molecule has 0 saturated carbocycles. The second-order valence-corrected chi connectivity index (χ2v) is 5.64. The lowest BCUT2D eigenvalue weighted by Crippen LogP contribution is -2.36. The Morgan fingerprint density at radius 3 is 2.84 bits per heavy atom. The van der Waals surface area contributed by atoms with Gasteiger partial charge in [-0.2, -0.15) is 0 Å². The number of ether oxygens (including phenoxy) is 1. The Hall–Kier alpha value is -1.59. The van der Waals surface area contributed by atoms with Gasteiger partial charge in [-0.1, -0.05) is 18.2 Å². The highest BCUT2D eigenvalue weighted by atomic mass is 16.6. The van der Waals surface area contributed by atoms with E-state index in [0.717, 1.165) is 23.2 Å². The van der Waals surface area contributed by atoms with Crippen LogP contribution in [0.2, 0.25) is 0 Å². The molecule has 2 N–H and O–H groups in total. The summed E-state index contributed by atoms with van der Waals surface area (Å²) in [5.41, 5.74) is 4.49. The molecule has 0 aliphatic carbocycles. The van der Waals surface area contributed by atoms with Crippen molar-refractivity contribution in [3.63, 3.8) is 0 Å². The van der Waals surface area contributed by atoms with Gasteiger partial charge in [0.2, 0.25) is 0 Å². The number of rotatable bonds is 2. The van der Waals surface area contributed by atoms with Gasteiger partial charge >= 0.3 is 6.09 Å². The second kappa shape index (κ2) is 5.19. The minimum Gasteiger partial charge on any atom is -0.443 e. The van der Waals surface area contributed by atoms with Crippen molar-refractivity contribution in [1.82, 2.24) is 5.48 Å². The number of benzene rings is 1. The Kier molecular flexibility index (Phi) is 3.78. The van der Waals surface area contributed by atoms with Gasteiger partial charge in [0.15, 0.2) is 0 Å². The van der Waals surface area contributed by atoms with Gasteiger partial charge in [-0.3, -0.25) is 4.90 Å². The molecule has 1 aromatic rings. The predicted octanol–water partition coefficient (Wildman–Crippen LogP) is 2.46. The number of carbonyl (C=O) groups is 1. The second-order valence-electron chi connectivity index (χ2n) is 5.64. The molecule has 0 atom stereocenters. The number of hydroxylamine groups is 1. The van der Waals surface area contributed by atoms with Crippen molar-refractivity contribution in [2.45, 2.75) is 39.3 Å². The van der Waals surface area contributed by atoms with E-state index in [1.807, 2.05) is 39.0 Å². The van der Waals surface area contributed by atoms with Crippen LogP contribution in [0.25, 0.3) is 0 Å². The van der Waals surface area contributed by atoms with Crippen LogP contribution in [0.15, 0.2) is 18.2 Å². The molecule has 0 radical (unpaired) electrons. The van der Waals surface area contributed by atoms with Crippen LogP contribution in [0.5, 0.6) is 0 Å². The van der Waals surface area contributed by atoms with Gasteiger partial charge in [0.05, 0.1) is 5.69 Å². The van der Waals surface area contributed by atoms with Gasteiger partial charge in [-0.05, 0) is 38.3 Å². The molecular formula is C14H20N2O3. The van der Waals surface area contributed by atoms with E-state index in [4.69, 9.17) is 9.94 Å². The van der Waals surface area contributed by atoms with E-state index in [-0.39, 0.29) is 6.09 Å². The zero-order valence-electron chi connectivity index (χ0n) is 11.6. The molecule has 1 aromatic carbocycles. The average Bonchev–Trinajstić information content (AvgIpc) is 2.72. The summed E-state index contributed by atoms with van der Waals surface area (Å²) in [5.74, 6) is 0. The Morgan fingerprint density at radius 1 is 1.47 bits per heavy atom. The molecule has 5 nitrogen and oxygen atoms in total. The van der Waals surface area contributed by atoms with Crippen LogP contribution in [0.3, 0.4) is 0 Å². The summed E-state index contributed by atoms with van der Waals surface area (Å²) in [6, 6.07) is 5.83. The van der Waals surface area contributed by atoms with Crippen LogP contribution in [-0.4, -0.2) is 23.4 Å². The first-order valence-corrected chi connectivity index (χ1v) is 6.40. The molecule has 0 spiro atoms. The smallest absolute Gasteiger partial charge is 0.414 e. The van der Waals surface area contributed by atoms with Crippen LogP contribution in [0.4, 0.5) is 10.5 Å². The Balaban J connectivity index is 2.27. The monoisotopic (exact) mass is 264 g/mol. The van der Waals surface area contributed by atoms with Crippen LogP contribution in [0, 0.1) is 0 Å². The molecule has 0 fully saturated rings. The van der Waals surface area contributed by atoms with E-state index >= 15 is 0 Å². The standard InChI is InChI=1S/C14H20N2O3/c1-14(2,3)19-13(17)16-8-7-10-5-4-6-11(9-15-18)12(10)16/h4-6,15,18H,7-9H2,1-3H3. The maximum Gasteiger partial charge on any atom is 0.414 e. The topological polar surface area (TPSA) is 61.8 Å². The quantitative estimate of drug-likeness (QED) is 0.805. The first kappa shape index (κ1) is 13.8. The Morgan fingerprint density at radius 2 is 2.21 bits per heavy atom. The van der Waals surface area contributed by atoms with Gasteiger partial charge in [0.25, 0.3) is 0 Å². The van der Waals surface area contributed by atoms with E-state index in [2.05, 4.69) is 5.48 Å². The number of amides is 1. The molecule has 1 heterocycles. The van der Waals surface area contributed by atoms with Crippen molar-refractivity contribution >= 4 is 11.8 Å². The minimum atomic E-state index is -0.510. The molecule has 19 heavy (non-hydrogen) atoms. The zero-order chi connectivity index (χ0) is 14.0. The van der Waals surface area contributed by atoms with Gasteiger partial charge in [0, 0.05) is 13.1 Å². The Labute approximate surface area is 113 Å². The van der Waals surface area contributed by atoms with Crippen LogP contribution < -0.4 is 10.4 Å². The lowest BCUT2D eigenvalue weighted by molar-refractivity contribution is 0.0583. The van der Waals surface area contributed by atoms with Crippen molar-refractivity contribution in [3.05, 3.63) is 29.3 Å². The highest BCUT2D eigenvalue weighted by Crippen LogP contribution is 2.32. The number of anilines is 1. The van der Waals surface area contributed by atoms with Crippen molar-refractivity contribution in [2.24, 2.45) is 0 Å². The minimum absolute atomic E-state index is 0.308. The van der Waals surface area contributed by atoms with Crippen molar-refractivity contribution < 1.29 is 14.7 Å². The number of hydrogen-bond acceptors (Lipinski definition) is 4. The summed E-state index contributed by atoms with van der Waals surface area (Å²) < 4.78 is 5.42. The van der Waals surface area contributed by atoms with E-state index in [0.29, 0.717) is 13.1 Å². The molecule has 0 saturated heterocycles. The molecular weight excluding hydrogens is 244 g/mol. The number of nitrogens with zero attached hydrogens (tertiary/aromatic N) is 1. The van der Waals surface area contributed by atoms with E-state index < -0.39 is 5.60 Å². The first-order valence-electron chi connectivity index (χ1n) is 6.40. The van der Waals surface area contributed by atoms with Crippen molar-refractivity contribution in [2.75, 3.05) is 11.4 Å². The summed E-state index contributed by atoms with van der Waals surface area (Å²) in [7, 11) is 0. The van der Waals surface area contributed by atoms with Crippen molar-refractivity contribution in [3.8, 4) is 0 Å². The van der Waals surface area contributed by atoms with Gasteiger partial charge in [-0.25, -0.2) is 10.3 Å². The first-order chi connectivity index (χ1) is 8.92. The molecule has 1 aliphatic rings. The average molecular weight is 264 g/mol. The van der Waals surface area contributed by atoms with Gasteiger partial charge < -0.3 is 9.94 Å². The van der Waals surface area contributed by atoms with E-state index in [1.54, 1.807) is 4.90 Å². The number of fused-ring (bicyclic) bond motifs is 1. The maximum absolute atomic E-state index is 12.2. The third-order valence-electron chi connectivity index (χ3n) is 2.96. The normalized spacial score (nSPS) is 14.4. The molecule has 5 heteroatoms. The van der Waals surface area contributed by atoms with Gasteiger partial charge in [-0.15, -0.1) is 0 Å². The molecule has 0 bridgehead atoms. The zero-order valence-corrected chi connectivity index (χ0v) is 11.6. The Bertz CT molecular complexity index is 480. The predicted molar refractivity (Wildman–Crippen MR) is 72.4 cm³/mol. The molecule has 1 amide bonds. The SMILES string of the molecule is CC(C)(C)OC(=O)N1CCc2cccc(CNO)c21. The largest absolute Gasteiger partial charge is 0.443 e. The van der Waals surface area contributed by atoms with Crippen LogP contribution in [-0.2, 0) is 17.7 Å². The number of nitrogens with one attached hydrogen (secondary N) is 1. The molecule has 1 aliphatic heterocycles. The number of carbonyl (C=O) groups excluding carboxylic acids is 1. The third kappa shape index (κ3) is 3.05. The van der Waals surface area contributed by atoms with Crippen LogP contribution >= 0.6 is 0 Å². The summed E-state index contributed by atoms with van der Waals surface area (Å²) in [4.78, 5) is 13.8. The lowest BCUT2D eigenvalue weighted by atomic mass is 10.1. The summed E-state index contributed by atoms with van der Waals surface area (Å²) >= 11 is 0. The fraction of sp³-hybridized carbons (Fsp3) is 0.500. The molecule has 104 valence electrons.